The van der Waals surface area contributed by atoms with Crippen molar-refractivity contribution in [3.63, 3.8) is 0 Å². The molecule has 15 heavy (non-hydrogen) atoms. The van der Waals surface area contributed by atoms with Gasteiger partial charge in [-0.15, -0.1) is 0 Å². The van der Waals surface area contributed by atoms with E-state index in [2.05, 4.69) is 0 Å². The zero-order valence-corrected chi connectivity index (χ0v) is 9.07. The van der Waals surface area contributed by atoms with Crippen molar-refractivity contribution in [2.75, 3.05) is 13.2 Å². The molecule has 0 spiro atoms. The monoisotopic (exact) mass is 231 g/mol. The second-order valence-electron chi connectivity index (χ2n) is 3.36. The van der Waals surface area contributed by atoms with E-state index in [0.717, 1.165) is 23.7 Å². The molecule has 5 nitrogen and oxygen atoms in total. The van der Waals surface area contributed by atoms with Gasteiger partial charge in [-0.05, 0) is 31.4 Å². The number of hydrogen-bond acceptors (Lipinski definition) is 4. The number of rotatable bonds is 2. The summed E-state index contributed by atoms with van der Waals surface area (Å²) in [6.45, 7) is 0.836. The molecule has 0 unspecified atom stereocenters. The Morgan fingerprint density at radius 2 is 2.13 bits per heavy atom. The van der Waals surface area contributed by atoms with Crippen LogP contribution in [0.1, 0.15) is 19.3 Å². The summed E-state index contributed by atoms with van der Waals surface area (Å²) in [5.41, 5.74) is 0. The van der Waals surface area contributed by atoms with Crippen LogP contribution >= 0.6 is 0 Å². The molecule has 0 bridgehead atoms. The molecule has 0 saturated carbocycles. The summed E-state index contributed by atoms with van der Waals surface area (Å²) >= 11 is 0. The Morgan fingerprint density at radius 1 is 1.27 bits per heavy atom. The van der Waals surface area contributed by atoms with E-state index in [4.69, 9.17) is 9.25 Å². The molecule has 1 aromatic heterocycles. The Bertz CT molecular complexity index is 390. The smallest absolute Gasteiger partial charge is 0.298 e. The van der Waals surface area contributed by atoms with Gasteiger partial charge in [0.25, 0.3) is 10.0 Å². The fraction of sp³-hybridized carbons (Fsp3) is 0.556. The average Bonchev–Trinajstić information content (AvgIpc) is 2.61. The minimum Gasteiger partial charge on any atom is -0.452 e. The lowest BCUT2D eigenvalue weighted by molar-refractivity contribution is -0.0758. The molecule has 1 fully saturated rings. The van der Waals surface area contributed by atoms with Crippen molar-refractivity contribution < 1.29 is 17.7 Å². The van der Waals surface area contributed by atoms with Crippen LogP contribution in [0.25, 0.3) is 0 Å². The van der Waals surface area contributed by atoms with E-state index >= 15 is 0 Å². The van der Waals surface area contributed by atoms with Crippen molar-refractivity contribution in [3.05, 3.63) is 18.4 Å². The van der Waals surface area contributed by atoms with Gasteiger partial charge in [0.15, 0.2) is 0 Å². The van der Waals surface area contributed by atoms with E-state index in [0.29, 0.717) is 13.2 Å². The highest BCUT2D eigenvalue weighted by atomic mass is 32.2. The van der Waals surface area contributed by atoms with Crippen LogP contribution in [0.5, 0.6) is 0 Å². The minimum atomic E-state index is -3.60. The number of hydroxylamine groups is 1. The quantitative estimate of drug-likeness (QED) is 0.771. The summed E-state index contributed by atoms with van der Waals surface area (Å²) in [5.74, 6) is 0. The van der Waals surface area contributed by atoms with Gasteiger partial charge < -0.3 is 4.42 Å². The Hall–Kier alpha value is -0.850. The molecule has 0 atom stereocenters. The highest BCUT2D eigenvalue weighted by Gasteiger charge is 2.28. The van der Waals surface area contributed by atoms with Crippen molar-refractivity contribution in [2.24, 2.45) is 0 Å². The first-order chi connectivity index (χ1) is 7.21. The predicted octanol–water partition coefficient (Wildman–Crippen LogP) is 1.39. The van der Waals surface area contributed by atoms with Crippen molar-refractivity contribution in [1.29, 1.82) is 0 Å². The van der Waals surface area contributed by atoms with Gasteiger partial charge in [0.05, 0.1) is 12.9 Å². The van der Waals surface area contributed by atoms with Gasteiger partial charge in [0, 0.05) is 6.54 Å². The molecule has 1 aliphatic heterocycles. The van der Waals surface area contributed by atoms with Gasteiger partial charge in [-0.25, -0.2) is 8.42 Å². The summed E-state index contributed by atoms with van der Waals surface area (Å²) in [6, 6.07) is 2.97. The molecule has 0 aromatic carbocycles. The van der Waals surface area contributed by atoms with Crippen LogP contribution in [0, 0.1) is 0 Å². The van der Waals surface area contributed by atoms with Crippen LogP contribution in [0.4, 0.5) is 0 Å². The van der Waals surface area contributed by atoms with Gasteiger partial charge in [0.2, 0.25) is 5.09 Å². The second-order valence-corrected chi connectivity index (χ2v) is 5.12. The third kappa shape index (κ3) is 2.22. The largest absolute Gasteiger partial charge is 0.452 e. The Labute approximate surface area is 88.6 Å². The topological polar surface area (TPSA) is 59.8 Å². The normalized spacial score (nSPS) is 20.0. The Kier molecular flexibility index (Phi) is 3.08. The molecule has 0 radical (unpaired) electrons. The van der Waals surface area contributed by atoms with Crippen LogP contribution < -0.4 is 0 Å². The lowest BCUT2D eigenvalue weighted by atomic mass is 10.2. The van der Waals surface area contributed by atoms with Crippen LogP contribution in [-0.4, -0.2) is 26.0 Å². The minimum absolute atomic E-state index is 0.0654. The van der Waals surface area contributed by atoms with E-state index in [1.54, 1.807) is 6.07 Å². The van der Waals surface area contributed by atoms with E-state index in [1.165, 1.54) is 12.3 Å². The molecule has 2 rings (SSSR count). The maximum Gasteiger partial charge on any atom is 0.298 e. The summed E-state index contributed by atoms with van der Waals surface area (Å²) < 4.78 is 29.7. The van der Waals surface area contributed by atoms with Crippen molar-refractivity contribution in [1.82, 2.24) is 4.47 Å². The van der Waals surface area contributed by atoms with Gasteiger partial charge in [-0.2, -0.15) is 0 Å². The first-order valence-electron chi connectivity index (χ1n) is 4.90. The SMILES string of the molecule is O=S(=O)(c1ccco1)N1CCCCCO1. The number of nitrogens with zero attached hydrogens (tertiary/aromatic N) is 1. The molecule has 1 aliphatic rings. The average molecular weight is 231 g/mol. The van der Waals surface area contributed by atoms with Gasteiger partial charge >= 0.3 is 0 Å². The standard InChI is InChI=1S/C9H13NO4S/c11-15(12,9-5-4-7-13-9)10-6-2-1-3-8-14-10/h4-5,7H,1-3,6,8H2. The van der Waals surface area contributed by atoms with Gasteiger partial charge in [-0.1, -0.05) is 4.47 Å². The summed E-state index contributed by atoms with van der Waals surface area (Å²) in [6.07, 6.45) is 4.04. The van der Waals surface area contributed by atoms with E-state index in [9.17, 15) is 8.42 Å². The molecule has 84 valence electrons. The molecular weight excluding hydrogens is 218 g/mol. The predicted molar refractivity (Wildman–Crippen MR) is 52.4 cm³/mol. The molecule has 0 N–H and O–H groups in total. The van der Waals surface area contributed by atoms with Crippen LogP contribution in [-0.2, 0) is 14.9 Å². The molecule has 1 saturated heterocycles. The zero-order valence-electron chi connectivity index (χ0n) is 8.26. The fourth-order valence-electron chi connectivity index (χ4n) is 1.45. The first kappa shape index (κ1) is 10.7. The number of hydrogen-bond donors (Lipinski definition) is 0. The molecule has 0 amide bonds. The Balaban J connectivity index is 2.21. The summed E-state index contributed by atoms with van der Waals surface area (Å²) in [7, 11) is -3.60. The number of furan rings is 1. The van der Waals surface area contributed by atoms with Crippen LogP contribution in [0.2, 0.25) is 0 Å². The van der Waals surface area contributed by atoms with Gasteiger partial charge in [0.1, 0.15) is 0 Å². The third-order valence-corrected chi connectivity index (χ3v) is 3.80. The Morgan fingerprint density at radius 3 is 2.87 bits per heavy atom. The highest BCUT2D eigenvalue weighted by Crippen LogP contribution is 2.19. The van der Waals surface area contributed by atoms with E-state index in [-0.39, 0.29) is 5.09 Å². The van der Waals surface area contributed by atoms with Gasteiger partial charge in [-0.3, -0.25) is 4.84 Å². The lowest BCUT2D eigenvalue weighted by Crippen LogP contribution is -2.31. The molecular formula is C9H13NO4S. The molecule has 0 aliphatic carbocycles. The summed E-state index contributed by atoms with van der Waals surface area (Å²) in [4.78, 5) is 5.18. The summed E-state index contributed by atoms with van der Waals surface area (Å²) in [5, 5.41) is -0.0654. The van der Waals surface area contributed by atoms with Crippen molar-refractivity contribution in [3.8, 4) is 0 Å². The maximum absolute atomic E-state index is 11.9. The fourth-order valence-corrected chi connectivity index (χ4v) is 2.66. The maximum atomic E-state index is 11.9. The highest BCUT2D eigenvalue weighted by molar-refractivity contribution is 7.88. The van der Waals surface area contributed by atoms with Crippen molar-refractivity contribution >= 4 is 10.0 Å². The second kappa shape index (κ2) is 4.34. The van der Waals surface area contributed by atoms with Crippen LogP contribution in [0.15, 0.2) is 27.9 Å². The van der Waals surface area contributed by atoms with Crippen molar-refractivity contribution in [2.45, 2.75) is 24.4 Å². The number of sulfonamides is 1. The first-order valence-corrected chi connectivity index (χ1v) is 6.34. The van der Waals surface area contributed by atoms with Crippen LogP contribution in [0.3, 0.4) is 0 Å². The lowest BCUT2D eigenvalue weighted by Gasteiger charge is -2.16. The molecule has 6 heteroatoms. The van der Waals surface area contributed by atoms with E-state index < -0.39 is 10.0 Å². The van der Waals surface area contributed by atoms with E-state index in [1.807, 2.05) is 0 Å². The zero-order chi connectivity index (χ0) is 10.7. The molecule has 1 aromatic rings. The third-order valence-electron chi connectivity index (χ3n) is 2.24. The molecule has 2 heterocycles.